The van der Waals surface area contributed by atoms with E-state index in [0.29, 0.717) is 0 Å². The van der Waals surface area contributed by atoms with Gasteiger partial charge in [0.2, 0.25) is 0 Å². The van der Waals surface area contributed by atoms with Crippen LogP contribution in [0.15, 0.2) is 66.7 Å². The van der Waals surface area contributed by atoms with E-state index in [1.54, 1.807) is 0 Å². The van der Waals surface area contributed by atoms with Crippen molar-refractivity contribution in [3.8, 4) is 0 Å². The van der Waals surface area contributed by atoms with Gasteiger partial charge in [0.05, 0.1) is 0 Å². The number of rotatable bonds is 4. The van der Waals surface area contributed by atoms with E-state index in [4.69, 9.17) is 0 Å². The minimum atomic E-state index is 0.820. The zero-order valence-corrected chi connectivity index (χ0v) is 12.8. The maximum absolute atomic E-state index is 4.59. The minimum absolute atomic E-state index is 0.820. The lowest BCUT2D eigenvalue weighted by Crippen LogP contribution is -1.98. The second kappa shape index (κ2) is 6.31. The van der Waals surface area contributed by atoms with Crippen LogP contribution >= 0.6 is 0 Å². The molecule has 0 aliphatic heterocycles. The van der Waals surface area contributed by atoms with Gasteiger partial charge in [0, 0.05) is 11.4 Å². The number of aryl methyl sites for hydroxylation is 2. The van der Waals surface area contributed by atoms with Gasteiger partial charge in [-0.3, -0.25) is 0 Å². The fourth-order valence-corrected chi connectivity index (χ4v) is 2.14. The minimum Gasteiger partial charge on any atom is -0.340 e. The van der Waals surface area contributed by atoms with Crippen molar-refractivity contribution < 1.29 is 0 Å². The zero-order valence-electron chi connectivity index (χ0n) is 12.8. The lowest BCUT2D eigenvalue weighted by Gasteiger charge is -2.09. The van der Waals surface area contributed by atoms with Crippen LogP contribution in [0, 0.1) is 13.8 Å². The lowest BCUT2D eigenvalue weighted by molar-refractivity contribution is 1.29. The number of hydrogen-bond acceptors (Lipinski definition) is 3. The standard InChI is InChI=1S/C19H19N3/c1-14-6-10-16(11-7-14)20-18-4-3-5-19(22-18)21-17-12-8-15(2)9-13-17/h3-13H,1-2H3,(H2,20,21,22). The molecular formula is C19H19N3. The summed E-state index contributed by atoms with van der Waals surface area (Å²) in [5.74, 6) is 1.64. The summed E-state index contributed by atoms with van der Waals surface area (Å²) in [5.41, 5.74) is 4.55. The van der Waals surface area contributed by atoms with E-state index in [0.717, 1.165) is 23.0 Å². The zero-order chi connectivity index (χ0) is 15.4. The monoisotopic (exact) mass is 289 g/mol. The second-order valence-electron chi connectivity index (χ2n) is 5.39. The number of anilines is 4. The van der Waals surface area contributed by atoms with E-state index in [9.17, 15) is 0 Å². The molecule has 0 aliphatic rings. The molecule has 0 saturated heterocycles. The first-order chi connectivity index (χ1) is 10.7. The molecule has 3 heteroatoms. The Morgan fingerprint density at radius 2 is 1.00 bits per heavy atom. The van der Waals surface area contributed by atoms with Gasteiger partial charge >= 0.3 is 0 Å². The number of aromatic nitrogens is 1. The van der Waals surface area contributed by atoms with Gasteiger partial charge in [-0.05, 0) is 50.2 Å². The van der Waals surface area contributed by atoms with E-state index in [1.165, 1.54) is 11.1 Å². The Kier molecular flexibility index (Phi) is 4.05. The van der Waals surface area contributed by atoms with Gasteiger partial charge in [-0.2, -0.15) is 0 Å². The summed E-state index contributed by atoms with van der Waals surface area (Å²) in [6, 6.07) is 22.4. The Bertz CT molecular complexity index is 684. The molecule has 0 spiro atoms. The van der Waals surface area contributed by atoms with Crippen molar-refractivity contribution in [2.45, 2.75) is 13.8 Å². The Balaban J connectivity index is 1.74. The molecule has 0 fully saturated rings. The smallest absolute Gasteiger partial charge is 0.132 e. The van der Waals surface area contributed by atoms with E-state index in [-0.39, 0.29) is 0 Å². The average molecular weight is 289 g/mol. The van der Waals surface area contributed by atoms with Gasteiger partial charge in [-0.1, -0.05) is 41.5 Å². The Morgan fingerprint density at radius 3 is 1.41 bits per heavy atom. The van der Waals surface area contributed by atoms with Gasteiger partial charge < -0.3 is 10.6 Å². The number of nitrogens with zero attached hydrogens (tertiary/aromatic N) is 1. The summed E-state index contributed by atoms with van der Waals surface area (Å²) in [7, 11) is 0. The predicted octanol–water partition coefficient (Wildman–Crippen LogP) is 5.19. The first kappa shape index (κ1) is 14.1. The molecule has 0 aliphatic carbocycles. The van der Waals surface area contributed by atoms with Crippen molar-refractivity contribution in [2.75, 3.05) is 10.6 Å². The molecule has 3 rings (SSSR count). The van der Waals surface area contributed by atoms with Crippen molar-refractivity contribution in [1.82, 2.24) is 4.98 Å². The molecule has 0 bridgehead atoms. The van der Waals surface area contributed by atoms with Gasteiger partial charge in [-0.25, -0.2) is 4.98 Å². The Hall–Kier alpha value is -2.81. The molecule has 0 amide bonds. The summed E-state index contributed by atoms with van der Waals surface area (Å²) in [6.45, 7) is 4.16. The van der Waals surface area contributed by atoms with E-state index < -0.39 is 0 Å². The van der Waals surface area contributed by atoms with Crippen molar-refractivity contribution >= 4 is 23.0 Å². The number of pyridine rings is 1. The number of benzene rings is 2. The number of nitrogens with one attached hydrogen (secondary N) is 2. The Labute approximate surface area is 131 Å². The molecule has 1 heterocycles. The highest BCUT2D eigenvalue weighted by Crippen LogP contribution is 2.19. The molecule has 2 aromatic carbocycles. The van der Waals surface area contributed by atoms with Crippen LogP contribution in [0.4, 0.5) is 23.0 Å². The molecule has 110 valence electrons. The second-order valence-corrected chi connectivity index (χ2v) is 5.39. The van der Waals surface area contributed by atoms with Gasteiger partial charge in [-0.15, -0.1) is 0 Å². The Morgan fingerprint density at radius 1 is 0.591 bits per heavy atom. The molecule has 22 heavy (non-hydrogen) atoms. The van der Waals surface area contributed by atoms with Crippen LogP contribution in [0.5, 0.6) is 0 Å². The molecular weight excluding hydrogens is 270 g/mol. The summed E-state index contributed by atoms with van der Waals surface area (Å²) < 4.78 is 0. The van der Waals surface area contributed by atoms with Crippen molar-refractivity contribution in [3.63, 3.8) is 0 Å². The van der Waals surface area contributed by atoms with Gasteiger partial charge in [0.15, 0.2) is 0 Å². The van der Waals surface area contributed by atoms with Gasteiger partial charge in [0.25, 0.3) is 0 Å². The van der Waals surface area contributed by atoms with Crippen LogP contribution < -0.4 is 10.6 Å². The number of hydrogen-bond donors (Lipinski definition) is 2. The van der Waals surface area contributed by atoms with Crippen LogP contribution in [0.2, 0.25) is 0 Å². The van der Waals surface area contributed by atoms with Crippen LogP contribution in [-0.4, -0.2) is 4.98 Å². The normalized spacial score (nSPS) is 10.3. The molecule has 0 radical (unpaired) electrons. The van der Waals surface area contributed by atoms with E-state index >= 15 is 0 Å². The molecule has 0 saturated carbocycles. The summed E-state index contributed by atoms with van der Waals surface area (Å²) in [5, 5.41) is 6.63. The summed E-state index contributed by atoms with van der Waals surface area (Å²) >= 11 is 0. The van der Waals surface area contributed by atoms with E-state index in [1.807, 2.05) is 18.2 Å². The van der Waals surface area contributed by atoms with Crippen molar-refractivity contribution in [3.05, 3.63) is 77.9 Å². The van der Waals surface area contributed by atoms with Crippen LogP contribution in [0.1, 0.15) is 11.1 Å². The average Bonchev–Trinajstić information content (AvgIpc) is 2.52. The third-order valence-electron chi connectivity index (χ3n) is 3.40. The summed E-state index contributed by atoms with van der Waals surface area (Å²) in [6.07, 6.45) is 0. The third kappa shape index (κ3) is 3.64. The van der Waals surface area contributed by atoms with Crippen molar-refractivity contribution in [2.24, 2.45) is 0 Å². The molecule has 0 atom stereocenters. The predicted molar refractivity (Wildman–Crippen MR) is 93.2 cm³/mol. The molecule has 2 N–H and O–H groups in total. The van der Waals surface area contributed by atoms with Crippen LogP contribution in [-0.2, 0) is 0 Å². The fraction of sp³-hybridized carbons (Fsp3) is 0.105. The molecule has 0 unspecified atom stereocenters. The first-order valence-electron chi connectivity index (χ1n) is 7.33. The van der Waals surface area contributed by atoms with Gasteiger partial charge in [0.1, 0.15) is 11.6 Å². The third-order valence-corrected chi connectivity index (χ3v) is 3.40. The topological polar surface area (TPSA) is 37.0 Å². The fourth-order valence-electron chi connectivity index (χ4n) is 2.14. The highest BCUT2D eigenvalue weighted by Gasteiger charge is 2.00. The van der Waals surface area contributed by atoms with E-state index in [2.05, 4.69) is 78.0 Å². The quantitative estimate of drug-likeness (QED) is 0.694. The van der Waals surface area contributed by atoms with Crippen molar-refractivity contribution in [1.29, 1.82) is 0 Å². The molecule has 3 aromatic rings. The molecule has 3 nitrogen and oxygen atoms in total. The lowest BCUT2D eigenvalue weighted by atomic mass is 10.2. The highest BCUT2D eigenvalue weighted by molar-refractivity contribution is 5.62. The van der Waals surface area contributed by atoms with Crippen LogP contribution in [0.3, 0.4) is 0 Å². The SMILES string of the molecule is Cc1ccc(Nc2cccc(Nc3ccc(C)cc3)n2)cc1. The first-order valence-corrected chi connectivity index (χ1v) is 7.33. The molecule has 1 aromatic heterocycles. The largest absolute Gasteiger partial charge is 0.340 e. The van der Waals surface area contributed by atoms with Crippen LogP contribution in [0.25, 0.3) is 0 Å². The maximum atomic E-state index is 4.59. The summed E-state index contributed by atoms with van der Waals surface area (Å²) in [4.78, 5) is 4.59. The highest BCUT2D eigenvalue weighted by atomic mass is 15.1. The maximum Gasteiger partial charge on any atom is 0.132 e.